The fourth-order valence-corrected chi connectivity index (χ4v) is 4.36. The maximum absolute atomic E-state index is 12.9. The normalized spacial score (nSPS) is 12.5. The van der Waals surface area contributed by atoms with Crippen LogP contribution in [0.25, 0.3) is 21.9 Å². The van der Waals surface area contributed by atoms with Gasteiger partial charge in [-0.2, -0.15) is 0 Å². The number of amides is 2. The number of benzene rings is 1. The summed E-state index contributed by atoms with van der Waals surface area (Å²) < 4.78 is 11.6. The van der Waals surface area contributed by atoms with Gasteiger partial charge in [-0.1, -0.05) is 13.8 Å². The summed E-state index contributed by atoms with van der Waals surface area (Å²) in [6.45, 7) is 11.8. The second-order valence-corrected chi connectivity index (χ2v) is 9.34. The summed E-state index contributed by atoms with van der Waals surface area (Å²) >= 11 is 0. The van der Waals surface area contributed by atoms with Crippen molar-refractivity contribution in [3.63, 3.8) is 0 Å². The Labute approximate surface area is 198 Å². The molecule has 0 saturated carbocycles. The molecule has 0 bridgehead atoms. The lowest BCUT2D eigenvalue weighted by Crippen LogP contribution is -2.48. The van der Waals surface area contributed by atoms with Crippen LogP contribution in [0.1, 0.15) is 54.7 Å². The van der Waals surface area contributed by atoms with Crippen molar-refractivity contribution in [3.05, 3.63) is 44.5 Å². The highest BCUT2D eigenvalue weighted by Crippen LogP contribution is 2.36. The van der Waals surface area contributed by atoms with E-state index in [0.29, 0.717) is 41.5 Å². The zero-order valence-corrected chi connectivity index (χ0v) is 20.8. The quantitative estimate of drug-likeness (QED) is 0.326. The highest BCUT2D eigenvalue weighted by molar-refractivity contribution is 6.07. The summed E-state index contributed by atoms with van der Waals surface area (Å²) in [7, 11) is 0. The number of carbonyl (C=O) groups is 2. The molecule has 34 heavy (non-hydrogen) atoms. The van der Waals surface area contributed by atoms with E-state index < -0.39 is 17.6 Å². The minimum atomic E-state index is -0.733. The van der Waals surface area contributed by atoms with Crippen LogP contribution in [0.4, 0.5) is 0 Å². The smallest absolute Gasteiger partial charge is 0.340 e. The van der Waals surface area contributed by atoms with Gasteiger partial charge in [-0.3, -0.25) is 9.59 Å². The second-order valence-electron chi connectivity index (χ2n) is 9.34. The number of aliphatic hydroxyl groups excluding tert-OH is 1. The van der Waals surface area contributed by atoms with Crippen LogP contribution in [0.15, 0.2) is 19.7 Å². The largest absolute Gasteiger partial charge is 0.460 e. The van der Waals surface area contributed by atoms with E-state index >= 15 is 0 Å². The number of aliphatic hydroxyl groups is 1. The van der Waals surface area contributed by atoms with Crippen LogP contribution < -0.4 is 16.3 Å². The molecule has 8 heteroatoms. The molecular weight excluding hydrogens is 436 g/mol. The Balaban J connectivity index is 1.94. The number of fused-ring (bicyclic) bond motifs is 3. The van der Waals surface area contributed by atoms with Gasteiger partial charge in [0.15, 0.2) is 0 Å². The van der Waals surface area contributed by atoms with Crippen molar-refractivity contribution >= 4 is 33.8 Å². The van der Waals surface area contributed by atoms with E-state index in [0.717, 1.165) is 22.3 Å². The Morgan fingerprint density at radius 1 is 1.06 bits per heavy atom. The van der Waals surface area contributed by atoms with E-state index in [1.165, 1.54) is 0 Å². The highest BCUT2D eigenvalue weighted by Gasteiger charge is 2.25. The molecule has 0 saturated heterocycles. The topological polar surface area (TPSA) is 122 Å². The van der Waals surface area contributed by atoms with Gasteiger partial charge in [-0.05, 0) is 69.2 Å². The van der Waals surface area contributed by atoms with Crippen LogP contribution in [0.2, 0.25) is 0 Å². The lowest BCUT2D eigenvalue weighted by Gasteiger charge is -2.20. The van der Waals surface area contributed by atoms with Gasteiger partial charge in [0, 0.05) is 18.5 Å². The van der Waals surface area contributed by atoms with Gasteiger partial charge < -0.3 is 24.6 Å². The predicted molar refractivity (Wildman–Crippen MR) is 131 cm³/mol. The standard InChI is InChI=1S/C26H34N2O6/c1-13(2)10-19(25(31)27-8-7-9-29)28-21(30)12-18-16(5)23-20(34-26(18)32)11-14(3)22-15(4)17(6)33-24(22)23/h11,13,19,29H,7-10,12H2,1-6H3,(H,27,31)(H,28,30). The molecule has 184 valence electrons. The molecule has 1 atom stereocenters. The molecule has 3 rings (SSSR count). The van der Waals surface area contributed by atoms with E-state index in [9.17, 15) is 14.4 Å². The third-order valence-corrected chi connectivity index (χ3v) is 6.21. The molecule has 3 N–H and O–H groups in total. The van der Waals surface area contributed by atoms with Gasteiger partial charge in [0.05, 0.1) is 17.4 Å². The molecular formula is C26H34N2O6. The van der Waals surface area contributed by atoms with Crippen molar-refractivity contribution < 1.29 is 23.5 Å². The molecule has 1 unspecified atom stereocenters. The third kappa shape index (κ3) is 5.17. The van der Waals surface area contributed by atoms with Gasteiger partial charge >= 0.3 is 5.63 Å². The average Bonchev–Trinajstić information content (AvgIpc) is 3.04. The predicted octanol–water partition coefficient (Wildman–Crippen LogP) is 3.34. The number of aryl methyl sites for hydroxylation is 4. The summed E-state index contributed by atoms with van der Waals surface area (Å²) in [5.74, 6) is 0.215. The minimum absolute atomic E-state index is 0.0278. The number of hydrogen-bond acceptors (Lipinski definition) is 6. The summed E-state index contributed by atoms with van der Waals surface area (Å²) in [4.78, 5) is 38.3. The van der Waals surface area contributed by atoms with Crippen LogP contribution in [-0.4, -0.2) is 36.1 Å². The minimum Gasteiger partial charge on any atom is -0.460 e. The van der Waals surface area contributed by atoms with Gasteiger partial charge in [0.2, 0.25) is 11.8 Å². The van der Waals surface area contributed by atoms with Gasteiger partial charge in [0.1, 0.15) is 23.0 Å². The molecule has 0 spiro atoms. The second kappa shape index (κ2) is 10.4. The first-order valence-electron chi connectivity index (χ1n) is 11.7. The van der Waals surface area contributed by atoms with E-state index in [2.05, 4.69) is 10.6 Å². The first-order chi connectivity index (χ1) is 16.0. The average molecular weight is 471 g/mol. The molecule has 2 aromatic heterocycles. The zero-order valence-electron chi connectivity index (χ0n) is 20.8. The third-order valence-electron chi connectivity index (χ3n) is 6.21. The van der Waals surface area contributed by atoms with E-state index in [-0.39, 0.29) is 30.4 Å². The molecule has 0 aliphatic rings. The molecule has 8 nitrogen and oxygen atoms in total. The molecule has 0 aliphatic heterocycles. The molecule has 0 aliphatic carbocycles. The van der Waals surface area contributed by atoms with Crippen molar-refractivity contribution in [1.29, 1.82) is 0 Å². The van der Waals surface area contributed by atoms with Crippen LogP contribution in [0, 0.1) is 33.6 Å². The number of furan rings is 1. The Hall–Kier alpha value is -3.13. The molecule has 2 heterocycles. The highest BCUT2D eigenvalue weighted by atomic mass is 16.4. The summed E-state index contributed by atoms with van der Waals surface area (Å²) in [6.07, 6.45) is 0.675. The first kappa shape index (κ1) is 25.5. The molecule has 1 aromatic carbocycles. The summed E-state index contributed by atoms with van der Waals surface area (Å²) in [6, 6.07) is 1.09. The fourth-order valence-electron chi connectivity index (χ4n) is 4.36. The first-order valence-corrected chi connectivity index (χ1v) is 11.7. The Morgan fingerprint density at radius 3 is 2.41 bits per heavy atom. The molecule has 2 amide bonds. The SMILES string of the molecule is Cc1oc2c(c(C)cc3oc(=O)c(CC(=O)NC(CC(C)C)C(=O)NCCCO)c(C)c32)c1C. The van der Waals surface area contributed by atoms with Crippen LogP contribution in [-0.2, 0) is 16.0 Å². The molecule has 0 radical (unpaired) electrons. The van der Waals surface area contributed by atoms with Crippen molar-refractivity contribution in [2.24, 2.45) is 5.92 Å². The van der Waals surface area contributed by atoms with E-state index in [1.54, 1.807) is 6.92 Å². The summed E-state index contributed by atoms with van der Waals surface area (Å²) in [5.41, 5.74) is 3.35. The lowest BCUT2D eigenvalue weighted by molar-refractivity contribution is -0.129. The van der Waals surface area contributed by atoms with Crippen LogP contribution in [0.3, 0.4) is 0 Å². The number of carbonyl (C=O) groups excluding carboxylic acids is 2. The van der Waals surface area contributed by atoms with Crippen molar-refractivity contribution in [2.45, 2.75) is 66.8 Å². The number of rotatable bonds is 9. The number of hydrogen-bond donors (Lipinski definition) is 3. The van der Waals surface area contributed by atoms with Crippen LogP contribution >= 0.6 is 0 Å². The fraction of sp³-hybridized carbons (Fsp3) is 0.500. The van der Waals surface area contributed by atoms with Crippen molar-refractivity contribution in [1.82, 2.24) is 10.6 Å². The van der Waals surface area contributed by atoms with E-state index in [1.807, 2.05) is 40.7 Å². The Bertz CT molecular complexity index is 1280. The van der Waals surface area contributed by atoms with E-state index in [4.69, 9.17) is 13.9 Å². The van der Waals surface area contributed by atoms with Gasteiger partial charge in [-0.15, -0.1) is 0 Å². The maximum atomic E-state index is 12.9. The monoisotopic (exact) mass is 470 g/mol. The molecule has 0 fully saturated rings. The van der Waals surface area contributed by atoms with Crippen LogP contribution in [0.5, 0.6) is 0 Å². The summed E-state index contributed by atoms with van der Waals surface area (Å²) in [5, 5.41) is 16.1. The van der Waals surface area contributed by atoms with Crippen molar-refractivity contribution in [3.8, 4) is 0 Å². The zero-order chi connectivity index (χ0) is 25.2. The Morgan fingerprint density at radius 2 is 1.76 bits per heavy atom. The van der Waals surface area contributed by atoms with Gasteiger partial charge in [-0.25, -0.2) is 4.79 Å². The number of nitrogens with one attached hydrogen (secondary N) is 2. The van der Waals surface area contributed by atoms with Gasteiger partial charge in [0.25, 0.3) is 0 Å². The maximum Gasteiger partial charge on any atom is 0.340 e. The lowest BCUT2D eigenvalue weighted by atomic mass is 9.98. The Kier molecular flexibility index (Phi) is 7.82. The molecule has 3 aromatic rings. The van der Waals surface area contributed by atoms with Crippen molar-refractivity contribution in [2.75, 3.05) is 13.2 Å².